The van der Waals surface area contributed by atoms with Crippen molar-refractivity contribution in [2.24, 2.45) is 0 Å². The molecular weight excluding hydrogens is 244 g/mol. The molecular formula is C15H22O4. The fourth-order valence-electron chi connectivity index (χ4n) is 1.91. The normalized spacial score (nSPS) is 21.9. The maximum Gasteiger partial charge on any atom is 0.305 e. The summed E-state index contributed by atoms with van der Waals surface area (Å²) in [5, 5.41) is 0. The van der Waals surface area contributed by atoms with Crippen molar-refractivity contribution in [3.05, 3.63) is 24.3 Å². The first-order valence-electron chi connectivity index (χ1n) is 6.79. The number of carbonyl (C=O) groups excluding carboxylic acids is 2. The molecule has 1 fully saturated rings. The fraction of sp³-hybridized carbons (Fsp3) is 0.600. The number of hydrogen-bond acceptors (Lipinski definition) is 4. The van der Waals surface area contributed by atoms with Gasteiger partial charge in [-0.3, -0.25) is 9.59 Å². The van der Waals surface area contributed by atoms with Crippen LogP contribution in [0.25, 0.3) is 0 Å². The standard InChI is InChI=1S/C15H22O4/c1-18-15(17)11-7-3-2-5-9-13-14(19-13)10-6-4-8-12-16/h4,6,8,10,12-14H,2-3,5,7,9,11H2,1H3/b8-4+,10-6+/t13-,14-/m0/s1. The van der Waals surface area contributed by atoms with E-state index in [9.17, 15) is 9.59 Å². The highest BCUT2D eigenvalue weighted by atomic mass is 16.6. The predicted octanol–water partition coefficient (Wildman–Crippen LogP) is 2.58. The molecule has 2 atom stereocenters. The number of rotatable bonds is 10. The second-order valence-corrected chi connectivity index (χ2v) is 4.57. The zero-order valence-corrected chi connectivity index (χ0v) is 11.4. The van der Waals surface area contributed by atoms with E-state index >= 15 is 0 Å². The van der Waals surface area contributed by atoms with Crippen molar-refractivity contribution >= 4 is 12.3 Å². The number of hydrogen-bond donors (Lipinski definition) is 0. The molecule has 0 aromatic heterocycles. The van der Waals surface area contributed by atoms with Crippen LogP contribution < -0.4 is 0 Å². The topological polar surface area (TPSA) is 55.9 Å². The van der Waals surface area contributed by atoms with E-state index in [4.69, 9.17) is 4.74 Å². The van der Waals surface area contributed by atoms with Gasteiger partial charge in [0.1, 0.15) is 12.4 Å². The zero-order chi connectivity index (χ0) is 13.9. The van der Waals surface area contributed by atoms with Gasteiger partial charge in [0, 0.05) is 6.42 Å². The van der Waals surface area contributed by atoms with E-state index in [0.717, 1.165) is 38.4 Å². The van der Waals surface area contributed by atoms with Crippen LogP contribution in [0.4, 0.5) is 0 Å². The molecule has 0 radical (unpaired) electrons. The SMILES string of the molecule is COC(=O)CCCCCC[C@@H]1O[C@H]1/C=C/C=C/C=O. The van der Waals surface area contributed by atoms with Crippen molar-refractivity contribution in [3.8, 4) is 0 Å². The molecule has 19 heavy (non-hydrogen) atoms. The van der Waals surface area contributed by atoms with Crippen LogP contribution in [-0.4, -0.2) is 31.6 Å². The summed E-state index contributed by atoms with van der Waals surface area (Å²) in [5.41, 5.74) is 0. The smallest absolute Gasteiger partial charge is 0.305 e. The Balaban J connectivity index is 1.92. The highest BCUT2D eigenvalue weighted by Gasteiger charge is 2.35. The van der Waals surface area contributed by atoms with Crippen LogP contribution in [-0.2, 0) is 19.1 Å². The number of epoxide rings is 1. The van der Waals surface area contributed by atoms with Gasteiger partial charge < -0.3 is 9.47 Å². The third kappa shape index (κ3) is 7.57. The first kappa shape index (κ1) is 15.6. The average molecular weight is 266 g/mol. The molecule has 0 amide bonds. The Labute approximate surface area is 114 Å². The molecule has 1 saturated heterocycles. The Morgan fingerprint density at radius 3 is 2.68 bits per heavy atom. The lowest BCUT2D eigenvalue weighted by atomic mass is 10.1. The maximum atomic E-state index is 10.9. The molecule has 0 unspecified atom stereocenters. The highest BCUT2D eigenvalue weighted by molar-refractivity contribution is 5.68. The summed E-state index contributed by atoms with van der Waals surface area (Å²) >= 11 is 0. The molecule has 106 valence electrons. The molecule has 1 aliphatic heterocycles. The van der Waals surface area contributed by atoms with Gasteiger partial charge in [-0.25, -0.2) is 0 Å². The van der Waals surface area contributed by atoms with Gasteiger partial charge in [0.2, 0.25) is 0 Å². The van der Waals surface area contributed by atoms with E-state index in [0.29, 0.717) is 12.5 Å². The largest absolute Gasteiger partial charge is 0.469 e. The molecule has 4 heteroatoms. The van der Waals surface area contributed by atoms with Crippen molar-refractivity contribution in [1.82, 2.24) is 0 Å². The number of carbonyl (C=O) groups is 2. The highest BCUT2D eigenvalue weighted by Crippen LogP contribution is 2.28. The summed E-state index contributed by atoms with van der Waals surface area (Å²) in [6.07, 6.45) is 14.1. The molecule has 1 heterocycles. The van der Waals surface area contributed by atoms with Crippen LogP contribution >= 0.6 is 0 Å². The van der Waals surface area contributed by atoms with E-state index in [2.05, 4.69) is 4.74 Å². The van der Waals surface area contributed by atoms with Gasteiger partial charge >= 0.3 is 5.97 Å². The molecule has 4 nitrogen and oxygen atoms in total. The van der Waals surface area contributed by atoms with Gasteiger partial charge in [-0.05, 0) is 18.9 Å². The zero-order valence-electron chi connectivity index (χ0n) is 11.4. The van der Waals surface area contributed by atoms with E-state index < -0.39 is 0 Å². The van der Waals surface area contributed by atoms with Gasteiger partial charge in [0.15, 0.2) is 0 Å². The maximum absolute atomic E-state index is 10.9. The lowest BCUT2D eigenvalue weighted by molar-refractivity contribution is -0.140. The van der Waals surface area contributed by atoms with E-state index in [1.807, 2.05) is 12.2 Å². The van der Waals surface area contributed by atoms with Gasteiger partial charge in [-0.1, -0.05) is 37.5 Å². The second kappa shape index (κ2) is 9.50. The minimum atomic E-state index is -0.126. The fourth-order valence-corrected chi connectivity index (χ4v) is 1.91. The molecule has 0 N–H and O–H groups in total. The Bertz CT molecular complexity index is 333. The number of aldehydes is 1. The minimum absolute atomic E-state index is 0.126. The van der Waals surface area contributed by atoms with Crippen LogP contribution in [0.5, 0.6) is 0 Å². The third-order valence-electron chi connectivity index (χ3n) is 3.07. The number of esters is 1. The van der Waals surface area contributed by atoms with Crippen LogP contribution in [0.1, 0.15) is 38.5 Å². The molecule has 0 saturated carbocycles. The van der Waals surface area contributed by atoms with Gasteiger partial charge in [0.05, 0.1) is 13.2 Å². The summed E-state index contributed by atoms with van der Waals surface area (Å²) in [4.78, 5) is 20.9. The minimum Gasteiger partial charge on any atom is -0.469 e. The first-order valence-corrected chi connectivity index (χ1v) is 6.79. The summed E-state index contributed by atoms with van der Waals surface area (Å²) in [7, 11) is 1.42. The van der Waals surface area contributed by atoms with Crippen LogP contribution in [0.3, 0.4) is 0 Å². The molecule has 0 aliphatic carbocycles. The molecule has 0 aromatic carbocycles. The van der Waals surface area contributed by atoms with E-state index in [-0.39, 0.29) is 12.1 Å². The summed E-state index contributed by atoms with van der Waals surface area (Å²) in [5.74, 6) is -0.126. The molecule has 1 rings (SSSR count). The molecule has 0 bridgehead atoms. The van der Waals surface area contributed by atoms with Crippen molar-refractivity contribution in [2.45, 2.75) is 50.7 Å². The van der Waals surface area contributed by atoms with Crippen molar-refractivity contribution in [2.75, 3.05) is 7.11 Å². The average Bonchev–Trinajstić information content (AvgIpc) is 3.17. The Morgan fingerprint density at radius 1 is 1.16 bits per heavy atom. The predicted molar refractivity (Wildman–Crippen MR) is 72.7 cm³/mol. The van der Waals surface area contributed by atoms with E-state index in [1.165, 1.54) is 13.2 Å². The number of ether oxygens (including phenoxy) is 2. The van der Waals surface area contributed by atoms with Crippen molar-refractivity contribution in [3.63, 3.8) is 0 Å². The summed E-state index contributed by atoms with van der Waals surface area (Å²) in [6.45, 7) is 0. The monoisotopic (exact) mass is 266 g/mol. The number of methoxy groups -OCH3 is 1. The number of allylic oxidation sites excluding steroid dienone is 3. The molecule has 1 aliphatic rings. The Hall–Kier alpha value is -1.42. The Kier molecular flexibility index (Phi) is 7.82. The van der Waals surface area contributed by atoms with Gasteiger partial charge in [-0.15, -0.1) is 0 Å². The summed E-state index contributed by atoms with van der Waals surface area (Å²) in [6, 6.07) is 0. The quantitative estimate of drug-likeness (QED) is 0.152. The lowest BCUT2D eigenvalue weighted by Gasteiger charge is -1.99. The lowest BCUT2D eigenvalue weighted by Crippen LogP contribution is -1.99. The second-order valence-electron chi connectivity index (χ2n) is 4.57. The van der Waals surface area contributed by atoms with Crippen LogP contribution in [0.15, 0.2) is 24.3 Å². The van der Waals surface area contributed by atoms with Crippen molar-refractivity contribution < 1.29 is 19.1 Å². The van der Waals surface area contributed by atoms with Crippen LogP contribution in [0, 0.1) is 0 Å². The third-order valence-corrected chi connectivity index (χ3v) is 3.07. The summed E-state index contributed by atoms with van der Waals surface area (Å²) < 4.78 is 10.1. The first-order chi connectivity index (χ1) is 9.27. The van der Waals surface area contributed by atoms with Gasteiger partial charge in [0.25, 0.3) is 0 Å². The molecule has 0 spiro atoms. The number of unbranched alkanes of at least 4 members (excludes halogenated alkanes) is 3. The molecule has 0 aromatic rings. The van der Waals surface area contributed by atoms with E-state index in [1.54, 1.807) is 6.08 Å². The van der Waals surface area contributed by atoms with Crippen LogP contribution in [0.2, 0.25) is 0 Å². The Morgan fingerprint density at radius 2 is 1.95 bits per heavy atom. The van der Waals surface area contributed by atoms with Gasteiger partial charge in [-0.2, -0.15) is 0 Å². The van der Waals surface area contributed by atoms with Crippen molar-refractivity contribution in [1.29, 1.82) is 0 Å².